The van der Waals surface area contributed by atoms with Crippen LogP contribution in [0.5, 0.6) is 0 Å². The van der Waals surface area contributed by atoms with Crippen molar-refractivity contribution < 1.29 is 4.79 Å². The maximum Gasteiger partial charge on any atom is 0.224 e. The van der Waals surface area contributed by atoms with Gasteiger partial charge in [-0.3, -0.25) is 4.79 Å². The van der Waals surface area contributed by atoms with Crippen molar-refractivity contribution in [2.45, 2.75) is 19.9 Å². The van der Waals surface area contributed by atoms with E-state index in [1.165, 1.54) is 5.56 Å². The van der Waals surface area contributed by atoms with Crippen molar-refractivity contribution >= 4 is 17.5 Å². The van der Waals surface area contributed by atoms with Crippen molar-refractivity contribution in [3.8, 4) is 0 Å². The molecule has 0 bridgehead atoms. The largest absolute Gasteiger partial charge is 0.352 e. The Balaban J connectivity index is 1.86. The Morgan fingerprint density at radius 1 is 1.11 bits per heavy atom. The minimum atomic E-state index is 0.0174. The van der Waals surface area contributed by atoms with E-state index in [9.17, 15) is 4.79 Å². The van der Waals surface area contributed by atoms with Gasteiger partial charge in [0.15, 0.2) is 0 Å². The van der Waals surface area contributed by atoms with Crippen LogP contribution in [0.15, 0.2) is 48.5 Å². The second kappa shape index (κ2) is 6.39. The first-order valence-electron chi connectivity index (χ1n) is 6.20. The zero-order valence-corrected chi connectivity index (χ0v) is 11.6. The number of halogens is 1. The summed E-state index contributed by atoms with van der Waals surface area (Å²) in [6.07, 6.45) is 0.404. The molecule has 0 aromatic heterocycles. The fraction of sp³-hybridized carbons (Fsp3) is 0.188. The number of hydrogen-bond donors (Lipinski definition) is 1. The lowest BCUT2D eigenvalue weighted by Gasteiger charge is -2.06. The highest BCUT2D eigenvalue weighted by Gasteiger charge is 2.03. The molecule has 0 aliphatic heterocycles. The molecule has 0 radical (unpaired) electrons. The molecule has 0 saturated heterocycles. The number of benzene rings is 2. The molecule has 2 rings (SSSR count). The normalized spacial score (nSPS) is 10.2. The monoisotopic (exact) mass is 273 g/mol. The van der Waals surface area contributed by atoms with E-state index < -0.39 is 0 Å². The molecular weight excluding hydrogens is 258 g/mol. The fourth-order valence-electron chi connectivity index (χ4n) is 1.80. The van der Waals surface area contributed by atoms with Crippen LogP contribution in [-0.2, 0) is 17.8 Å². The first-order chi connectivity index (χ1) is 9.13. The first-order valence-corrected chi connectivity index (χ1v) is 6.58. The Morgan fingerprint density at radius 3 is 2.53 bits per heavy atom. The molecule has 0 fully saturated rings. The van der Waals surface area contributed by atoms with Gasteiger partial charge in [0.05, 0.1) is 6.42 Å². The van der Waals surface area contributed by atoms with Gasteiger partial charge in [0.2, 0.25) is 5.91 Å². The lowest BCUT2D eigenvalue weighted by atomic mass is 10.1. The molecule has 2 aromatic carbocycles. The van der Waals surface area contributed by atoms with E-state index in [4.69, 9.17) is 11.6 Å². The highest BCUT2D eigenvalue weighted by atomic mass is 35.5. The van der Waals surface area contributed by atoms with Crippen molar-refractivity contribution in [1.82, 2.24) is 5.32 Å². The maximum atomic E-state index is 11.8. The Hall–Kier alpha value is -1.80. The van der Waals surface area contributed by atoms with Crippen LogP contribution < -0.4 is 5.32 Å². The van der Waals surface area contributed by atoms with Crippen molar-refractivity contribution in [3.63, 3.8) is 0 Å². The average molecular weight is 274 g/mol. The molecule has 1 amide bonds. The highest BCUT2D eigenvalue weighted by Crippen LogP contribution is 2.10. The highest BCUT2D eigenvalue weighted by molar-refractivity contribution is 6.30. The van der Waals surface area contributed by atoms with E-state index >= 15 is 0 Å². The minimum Gasteiger partial charge on any atom is -0.352 e. The summed E-state index contributed by atoms with van der Waals surface area (Å²) < 4.78 is 0. The van der Waals surface area contributed by atoms with Crippen molar-refractivity contribution in [2.75, 3.05) is 0 Å². The Morgan fingerprint density at radius 2 is 1.84 bits per heavy atom. The summed E-state index contributed by atoms with van der Waals surface area (Å²) in [6, 6.07) is 15.5. The van der Waals surface area contributed by atoms with Crippen LogP contribution in [0.4, 0.5) is 0 Å². The van der Waals surface area contributed by atoms with Crippen LogP contribution >= 0.6 is 11.6 Å². The van der Waals surface area contributed by atoms with Gasteiger partial charge in [-0.1, -0.05) is 53.6 Å². The third-order valence-corrected chi connectivity index (χ3v) is 3.10. The number of carbonyl (C=O) groups excluding carboxylic acids is 1. The molecular formula is C16H16ClNO. The van der Waals surface area contributed by atoms with Gasteiger partial charge in [0.25, 0.3) is 0 Å². The summed E-state index contributed by atoms with van der Waals surface area (Å²) in [6.45, 7) is 2.54. The molecule has 0 aliphatic rings. The minimum absolute atomic E-state index is 0.0174. The number of amides is 1. The molecule has 98 valence electrons. The summed E-state index contributed by atoms with van der Waals surface area (Å²) in [4.78, 5) is 11.8. The molecule has 0 spiro atoms. The lowest BCUT2D eigenvalue weighted by Crippen LogP contribution is -2.24. The van der Waals surface area contributed by atoms with Crippen LogP contribution in [0.3, 0.4) is 0 Å². The van der Waals surface area contributed by atoms with Gasteiger partial charge in [0, 0.05) is 11.6 Å². The summed E-state index contributed by atoms with van der Waals surface area (Å²) in [5, 5.41) is 3.58. The Kier molecular flexibility index (Phi) is 4.58. The van der Waals surface area contributed by atoms with E-state index in [1.807, 2.05) is 55.5 Å². The van der Waals surface area contributed by atoms with Gasteiger partial charge in [0.1, 0.15) is 0 Å². The van der Waals surface area contributed by atoms with Crippen LogP contribution in [0, 0.1) is 6.92 Å². The first kappa shape index (κ1) is 13.6. The third-order valence-electron chi connectivity index (χ3n) is 2.86. The molecule has 3 heteroatoms. The second-order valence-electron chi connectivity index (χ2n) is 4.57. The quantitative estimate of drug-likeness (QED) is 0.907. The molecule has 0 atom stereocenters. The van der Waals surface area contributed by atoms with E-state index in [0.29, 0.717) is 18.0 Å². The average Bonchev–Trinajstić information content (AvgIpc) is 2.39. The fourth-order valence-corrected chi connectivity index (χ4v) is 2.01. The molecule has 2 aromatic rings. The van der Waals surface area contributed by atoms with Gasteiger partial charge >= 0.3 is 0 Å². The molecule has 0 unspecified atom stereocenters. The number of hydrogen-bond acceptors (Lipinski definition) is 1. The topological polar surface area (TPSA) is 29.1 Å². The van der Waals surface area contributed by atoms with E-state index in [2.05, 4.69) is 5.32 Å². The van der Waals surface area contributed by atoms with E-state index in [0.717, 1.165) is 11.1 Å². The summed E-state index contributed by atoms with van der Waals surface area (Å²) in [7, 11) is 0. The zero-order valence-electron chi connectivity index (χ0n) is 10.8. The number of nitrogens with one attached hydrogen (secondary N) is 1. The molecule has 0 aliphatic carbocycles. The van der Waals surface area contributed by atoms with E-state index in [1.54, 1.807) is 0 Å². The molecule has 0 saturated carbocycles. The van der Waals surface area contributed by atoms with Crippen LogP contribution in [0.25, 0.3) is 0 Å². The van der Waals surface area contributed by atoms with Gasteiger partial charge in [-0.05, 0) is 30.2 Å². The molecule has 19 heavy (non-hydrogen) atoms. The van der Waals surface area contributed by atoms with Crippen molar-refractivity contribution in [1.29, 1.82) is 0 Å². The third kappa shape index (κ3) is 4.42. The van der Waals surface area contributed by atoms with E-state index in [-0.39, 0.29) is 5.91 Å². The SMILES string of the molecule is Cc1ccc(CC(=O)NCc2cccc(Cl)c2)cc1. The lowest BCUT2D eigenvalue weighted by molar-refractivity contribution is -0.120. The molecule has 1 N–H and O–H groups in total. The summed E-state index contributed by atoms with van der Waals surface area (Å²) in [5.41, 5.74) is 3.22. The van der Waals surface area contributed by atoms with Gasteiger partial charge in [-0.25, -0.2) is 0 Å². The van der Waals surface area contributed by atoms with Gasteiger partial charge in [-0.15, -0.1) is 0 Å². The maximum absolute atomic E-state index is 11.8. The van der Waals surface area contributed by atoms with Crippen molar-refractivity contribution in [3.05, 3.63) is 70.2 Å². The molecule has 2 nitrogen and oxygen atoms in total. The molecule has 0 heterocycles. The van der Waals surface area contributed by atoms with Gasteiger partial charge < -0.3 is 5.32 Å². The number of carbonyl (C=O) groups is 1. The van der Waals surface area contributed by atoms with Crippen molar-refractivity contribution in [2.24, 2.45) is 0 Å². The van der Waals surface area contributed by atoms with Gasteiger partial charge in [-0.2, -0.15) is 0 Å². The number of aryl methyl sites for hydroxylation is 1. The summed E-state index contributed by atoms with van der Waals surface area (Å²) >= 11 is 5.89. The summed E-state index contributed by atoms with van der Waals surface area (Å²) in [5.74, 6) is 0.0174. The smallest absolute Gasteiger partial charge is 0.224 e. The predicted molar refractivity (Wildman–Crippen MR) is 78.2 cm³/mol. The van der Waals surface area contributed by atoms with Crippen LogP contribution in [-0.4, -0.2) is 5.91 Å². The Labute approximate surface area is 118 Å². The standard InChI is InChI=1S/C16H16ClNO/c1-12-5-7-13(8-6-12)10-16(19)18-11-14-3-2-4-15(17)9-14/h2-9H,10-11H2,1H3,(H,18,19). The zero-order chi connectivity index (χ0) is 13.7. The second-order valence-corrected chi connectivity index (χ2v) is 5.01. The van der Waals surface area contributed by atoms with Crippen LogP contribution in [0.2, 0.25) is 5.02 Å². The van der Waals surface area contributed by atoms with Crippen LogP contribution in [0.1, 0.15) is 16.7 Å². The Bertz CT molecular complexity index is 563. The predicted octanol–water partition coefficient (Wildman–Crippen LogP) is 3.51. The number of rotatable bonds is 4.